The first-order chi connectivity index (χ1) is 6.77. The number of aromatic nitrogens is 3. The maximum Gasteiger partial charge on any atom is 0.152 e. The van der Waals surface area contributed by atoms with Crippen molar-refractivity contribution in [1.29, 1.82) is 0 Å². The fraction of sp³-hybridized carbons (Fsp3) is 0.111. The van der Waals surface area contributed by atoms with E-state index in [0.717, 1.165) is 21.3 Å². The third kappa shape index (κ3) is 0.820. The lowest BCUT2D eigenvalue weighted by atomic mass is 10.3. The first kappa shape index (κ1) is 7.75. The summed E-state index contributed by atoms with van der Waals surface area (Å²) < 4.78 is 3.13. The SMILES string of the molecule is Cn1cnc2c(N)nc3ccsc3c21. The zero-order valence-corrected chi connectivity index (χ0v) is 8.38. The van der Waals surface area contributed by atoms with Crippen molar-refractivity contribution >= 4 is 38.4 Å². The van der Waals surface area contributed by atoms with Gasteiger partial charge in [0.1, 0.15) is 5.52 Å². The van der Waals surface area contributed by atoms with Crippen LogP contribution in [0.15, 0.2) is 17.8 Å². The zero-order chi connectivity index (χ0) is 9.71. The Bertz CT molecular complexity index is 622. The molecule has 0 saturated carbocycles. The highest BCUT2D eigenvalue weighted by atomic mass is 32.1. The second kappa shape index (κ2) is 2.45. The largest absolute Gasteiger partial charge is 0.382 e. The number of imidazole rings is 1. The molecule has 0 unspecified atom stereocenters. The van der Waals surface area contributed by atoms with Crippen molar-refractivity contribution in [3.05, 3.63) is 17.8 Å². The molecule has 3 aromatic heterocycles. The molecule has 4 nitrogen and oxygen atoms in total. The molecule has 3 aromatic rings. The molecule has 3 rings (SSSR count). The van der Waals surface area contributed by atoms with Gasteiger partial charge in [0.2, 0.25) is 0 Å². The fourth-order valence-electron chi connectivity index (χ4n) is 1.64. The first-order valence-corrected chi connectivity index (χ1v) is 5.09. The Balaban J connectivity index is 2.70. The Hall–Kier alpha value is -1.62. The number of nitrogens with two attached hydrogens (primary N) is 1. The number of anilines is 1. The number of fused-ring (bicyclic) bond motifs is 3. The molecular weight excluding hydrogens is 196 g/mol. The van der Waals surface area contributed by atoms with Gasteiger partial charge in [-0.05, 0) is 11.4 Å². The van der Waals surface area contributed by atoms with Gasteiger partial charge in [-0.3, -0.25) is 0 Å². The molecule has 2 N–H and O–H groups in total. The van der Waals surface area contributed by atoms with E-state index in [-0.39, 0.29) is 0 Å². The second-order valence-corrected chi connectivity index (χ2v) is 4.10. The number of pyridine rings is 1. The Morgan fingerprint density at radius 2 is 2.36 bits per heavy atom. The molecule has 3 heterocycles. The van der Waals surface area contributed by atoms with E-state index in [0.29, 0.717) is 5.82 Å². The highest BCUT2D eigenvalue weighted by molar-refractivity contribution is 7.18. The normalized spacial score (nSPS) is 11.5. The quantitative estimate of drug-likeness (QED) is 0.607. The average Bonchev–Trinajstić information content (AvgIpc) is 2.71. The molecule has 0 radical (unpaired) electrons. The molecule has 0 aliphatic carbocycles. The van der Waals surface area contributed by atoms with Crippen LogP contribution in [0.1, 0.15) is 0 Å². The summed E-state index contributed by atoms with van der Waals surface area (Å²) in [7, 11) is 1.97. The fourth-order valence-corrected chi connectivity index (χ4v) is 2.56. The van der Waals surface area contributed by atoms with E-state index in [2.05, 4.69) is 9.97 Å². The average molecular weight is 204 g/mol. The van der Waals surface area contributed by atoms with E-state index in [9.17, 15) is 0 Å². The van der Waals surface area contributed by atoms with Gasteiger partial charge in [-0.2, -0.15) is 0 Å². The monoisotopic (exact) mass is 204 g/mol. The Labute approximate surface area is 84.0 Å². The summed E-state index contributed by atoms with van der Waals surface area (Å²) in [6, 6.07) is 1.98. The number of aryl methyl sites for hydroxylation is 1. The third-order valence-corrected chi connectivity index (χ3v) is 3.19. The van der Waals surface area contributed by atoms with Gasteiger partial charge in [0, 0.05) is 7.05 Å². The molecule has 0 aromatic carbocycles. The number of nitrogens with zero attached hydrogens (tertiary/aromatic N) is 3. The maximum atomic E-state index is 5.81. The van der Waals surface area contributed by atoms with Crippen LogP contribution in [0.3, 0.4) is 0 Å². The van der Waals surface area contributed by atoms with Crippen molar-refractivity contribution in [3.63, 3.8) is 0 Å². The zero-order valence-electron chi connectivity index (χ0n) is 7.56. The lowest BCUT2D eigenvalue weighted by Gasteiger charge is -1.98. The summed E-state index contributed by atoms with van der Waals surface area (Å²) in [6.45, 7) is 0. The van der Waals surface area contributed by atoms with Crippen LogP contribution in [0.5, 0.6) is 0 Å². The number of thiophene rings is 1. The number of rotatable bonds is 0. The summed E-state index contributed by atoms with van der Waals surface area (Å²) in [5, 5.41) is 2.02. The maximum absolute atomic E-state index is 5.81. The van der Waals surface area contributed by atoms with Crippen molar-refractivity contribution in [1.82, 2.24) is 14.5 Å². The Morgan fingerprint density at radius 1 is 1.50 bits per heavy atom. The van der Waals surface area contributed by atoms with Crippen LogP contribution in [0.25, 0.3) is 21.3 Å². The molecule has 0 bridgehead atoms. The van der Waals surface area contributed by atoms with E-state index in [4.69, 9.17) is 5.73 Å². The van der Waals surface area contributed by atoms with E-state index in [1.807, 2.05) is 23.1 Å². The molecule has 0 saturated heterocycles. The predicted molar refractivity (Wildman–Crippen MR) is 58.3 cm³/mol. The molecule has 0 fully saturated rings. The van der Waals surface area contributed by atoms with Crippen molar-refractivity contribution < 1.29 is 0 Å². The van der Waals surface area contributed by atoms with Gasteiger partial charge in [0.15, 0.2) is 5.82 Å². The van der Waals surface area contributed by atoms with Crippen LogP contribution >= 0.6 is 11.3 Å². The summed E-state index contributed by atoms with van der Waals surface area (Å²) >= 11 is 1.67. The minimum absolute atomic E-state index is 0.506. The smallest absolute Gasteiger partial charge is 0.152 e. The van der Waals surface area contributed by atoms with Crippen LogP contribution in [-0.2, 0) is 7.05 Å². The topological polar surface area (TPSA) is 56.7 Å². The third-order valence-electron chi connectivity index (χ3n) is 2.28. The highest BCUT2D eigenvalue weighted by Gasteiger charge is 2.10. The van der Waals surface area contributed by atoms with Gasteiger partial charge in [-0.15, -0.1) is 11.3 Å². The van der Waals surface area contributed by atoms with Crippen molar-refractivity contribution in [2.45, 2.75) is 0 Å². The summed E-state index contributed by atoms with van der Waals surface area (Å²) in [6.07, 6.45) is 1.77. The summed E-state index contributed by atoms with van der Waals surface area (Å²) in [5.74, 6) is 0.506. The van der Waals surface area contributed by atoms with Crippen LogP contribution in [0, 0.1) is 0 Å². The lowest BCUT2D eigenvalue weighted by molar-refractivity contribution is 0.951. The van der Waals surface area contributed by atoms with Crippen LogP contribution < -0.4 is 5.73 Å². The van der Waals surface area contributed by atoms with Crippen LogP contribution in [0.4, 0.5) is 5.82 Å². The summed E-state index contributed by atoms with van der Waals surface area (Å²) in [5.41, 5.74) is 8.63. The van der Waals surface area contributed by atoms with Gasteiger partial charge in [-0.1, -0.05) is 0 Å². The number of nitrogen functional groups attached to an aromatic ring is 1. The van der Waals surface area contributed by atoms with E-state index >= 15 is 0 Å². The molecular formula is C9H8N4S. The van der Waals surface area contributed by atoms with Crippen LogP contribution in [0.2, 0.25) is 0 Å². The van der Waals surface area contributed by atoms with Gasteiger partial charge in [-0.25, -0.2) is 9.97 Å². The lowest BCUT2D eigenvalue weighted by Crippen LogP contribution is -1.92. The minimum atomic E-state index is 0.506. The van der Waals surface area contributed by atoms with Crippen molar-refractivity contribution in [3.8, 4) is 0 Å². The van der Waals surface area contributed by atoms with Crippen molar-refractivity contribution in [2.24, 2.45) is 7.05 Å². The van der Waals surface area contributed by atoms with Gasteiger partial charge >= 0.3 is 0 Å². The first-order valence-electron chi connectivity index (χ1n) is 4.21. The highest BCUT2D eigenvalue weighted by Crippen LogP contribution is 2.29. The number of hydrogen-bond donors (Lipinski definition) is 1. The van der Waals surface area contributed by atoms with Crippen molar-refractivity contribution in [2.75, 3.05) is 5.73 Å². The van der Waals surface area contributed by atoms with Gasteiger partial charge in [0.25, 0.3) is 0 Å². The molecule has 5 heteroatoms. The van der Waals surface area contributed by atoms with E-state index in [1.165, 1.54) is 0 Å². The van der Waals surface area contributed by atoms with E-state index in [1.54, 1.807) is 17.7 Å². The molecule has 14 heavy (non-hydrogen) atoms. The molecule has 0 aliphatic heterocycles. The number of hydrogen-bond acceptors (Lipinski definition) is 4. The molecule has 0 amide bonds. The van der Waals surface area contributed by atoms with Gasteiger partial charge in [0.05, 0.1) is 22.1 Å². The molecule has 0 atom stereocenters. The molecule has 70 valence electrons. The predicted octanol–water partition coefficient (Wildman–Crippen LogP) is 1.77. The Kier molecular flexibility index (Phi) is 1.36. The minimum Gasteiger partial charge on any atom is -0.382 e. The summed E-state index contributed by atoms with van der Waals surface area (Å²) in [4.78, 5) is 8.52. The Morgan fingerprint density at radius 3 is 3.21 bits per heavy atom. The standard InChI is InChI=1S/C9H8N4S/c1-13-4-11-6-7(13)8-5(2-3-14-8)12-9(6)10/h2-4H,1H3,(H2,10,12). The molecule has 0 aliphatic rings. The van der Waals surface area contributed by atoms with E-state index < -0.39 is 0 Å². The van der Waals surface area contributed by atoms with Crippen LogP contribution in [-0.4, -0.2) is 14.5 Å². The second-order valence-electron chi connectivity index (χ2n) is 3.18. The van der Waals surface area contributed by atoms with Gasteiger partial charge < -0.3 is 10.3 Å². The molecule has 0 spiro atoms.